The van der Waals surface area contributed by atoms with E-state index in [2.05, 4.69) is 16.7 Å². The van der Waals surface area contributed by atoms with Gasteiger partial charge < -0.3 is 15.4 Å². The first kappa shape index (κ1) is 24.0. The molecule has 1 aromatic rings. The predicted molar refractivity (Wildman–Crippen MR) is 112 cm³/mol. The van der Waals surface area contributed by atoms with Crippen molar-refractivity contribution in [3.8, 4) is 12.5 Å². The maximum atomic E-state index is 13.0. The number of terminal acetylenes is 1. The molecule has 7 heteroatoms. The van der Waals surface area contributed by atoms with E-state index in [0.29, 0.717) is 5.56 Å². The molecule has 0 saturated heterocycles. The molecule has 0 aliphatic carbocycles. The number of carbonyl (C=O) groups excluding carboxylic acids is 3. The number of benzene rings is 1. The highest BCUT2D eigenvalue weighted by Gasteiger charge is 2.34. The third-order valence-electron chi connectivity index (χ3n) is 3.81. The van der Waals surface area contributed by atoms with Gasteiger partial charge in [0, 0.05) is 12.1 Å². The highest BCUT2D eigenvalue weighted by atomic mass is 16.6. The van der Waals surface area contributed by atoms with E-state index in [4.69, 9.17) is 11.2 Å². The molecule has 1 rings (SSSR count). The molecule has 0 aliphatic heterocycles. The molecular weight excluding hydrogens is 370 g/mol. The molecule has 0 fully saturated rings. The number of carbonyl (C=O) groups is 3. The molecule has 0 spiro atoms. The number of nitrogens with one attached hydrogen (secondary N) is 2. The summed E-state index contributed by atoms with van der Waals surface area (Å²) in [4.78, 5) is 38.9. The number of hydrogen-bond acceptors (Lipinski definition) is 4. The second kappa shape index (κ2) is 9.97. The number of amides is 3. The lowest BCUT2D eigenvalue weighted by molar-refractivity contribution is -0.138. The Bertz CT molecular complexity index is 773. The normalized spacial score (nSPS) is 13.1. The van der Waals surface area contributed by atoms with Crippen LogP contribution in [0.2, 0.25) is 0 Å². The van der Waals surface area contributed by atoms with Crippen LogP contribution in [0.5, 0.6) is 0 Å². The summed E-state index contributed by atoms with van der Waals surface area (Å²) in [5.74, 6) is -0.998. The lowest BCUT2D eigenvalue weighted by atomic mass is 10.0. The Balaban J connectivity index is 3.15. The van der Waals surface area contributed by atoms with Gasteiger partial charge in [-0.15, -0.1) is 0 Å². The fourth-order valence-electron chi connectivity index (χ4n) is 2.55. The molecule has 0 bridgehead atoms. The topological polar surface area (TPSA) is 87.7 Å². The third-order valence-corrected chi connectivity index (χ3v) is 3.81. The van der Waals surface area contributed by atoms with Gasteiger partial charge >= 0.3 is 6.09 Å². The van der Waals surface area contributed by atoms with E-state index in [1.54, 1.807) is 32.9 Å². The fraction of sp³-hybridized carbons (Fsp3) is 0.500. The molecule has 1 aromatic carbocycles. The van der Waals surface area contributed by atoms with Crippen LogP contribution in [-0.2, 0) is 14.3 Å². The van der Waals surface area contributed by atoms with Crippen molar-refractivity contribution in [1.82, 2.24) is 15.5 Å². The maximum Gasteiger partial charge on any atom is 0.408 e. The number of hydrogen-bond donors (Lipinski definition) is 2. The van der Waals surface area contributed by atoms with Crippen molar-refractivity contribution in [2.75, 3.05) is 0 Å². The lowest BCUT2D eigenvalue weighted by Crippen LogP contribution is -2.50. The second-order valence-electron chi connectivity index (χ2n) is 8.18. The zero-order valence-electron chi connectivity index (χ0n) is 18.2. The first-order valence-electron chi connectivity index (χ1n) is 9.51. The van der Waals surface area contributed by atoms with Crippen molar-refractivity contribution < 1.29 is 19.1 Å². The Morgan fingerprint density at radius 3 is 2.07 bits per heavy atom. The van der Waals surface area contributed by atoms with Crippen molar-refractivity contribution >= 4 is 17.9 Å². The summed E-state index contributed by atoms with van der Waals surface area (Å²) in [6.07, 6.45) is 4.87. The minimum absolute atomic E-state index is 0.137. The molecule has 3 amide bonds. The summed E-state index contributed by atoms with van der Waals surface area (Å²) in [6, 6.07) is 7.34. The Kier molecular flexibility index (Phi) is 8.26. The molecule has 2 N–H and O–H groups in total. The first-order valence-corrected chi connectivity index (χ1v) is 9.51. The van der Waals surface area contributed by atoms with Crippen LogP contribution in [-0.4, -0.2) is 40.5 Å². The van der Waals surface area contributed by atoms with Gasteiger partial charge in [0.2, 0.25) is 5.91 Å². The van der Waals surface area contributed by atoms with E-state index >= 15 is 0 Å². The van der Waals surface area contributed by atoms with Gasteiger partial charge in [0.15, 0.2) is 0 Å². The van der Waals surface area contributed by atoms with Gasteiger partial charge in [0.1, 0.15) is 17.7 Å². The predicted octanol–water partition coefficient (Wildman–Crippen LogP) is 2.89. The number of rotatable bonds is 6. The molecule has 0 aromatic heterocycles. The Morgan fingerprint density at radius 2 is 1.62 bits per heavy atom. The molecule has 2 unspecified atom stereocenters. The molecule has 0 saturated carbocycles. The molecule has 2 atom stereocenters. The highest BCUT2D eigenvalue weighted by molar-refractivity contribution is 5.93. The Labute approximate surface area is 173 Å². The van der Waals surface area contributed by atoms with Crippen LogP contribution in [0.4, 0.5) is 4.79 Å². The third kappa shape index (κ3) is 7.49. The first-order chi connectivity index (χ1) is 13.4. The molecule has 7 nitrogen and oxygen atoms in total. The standard InChI is InChI=1S/C22H31N3O4/c1-9-25(20(27)16(5)24-21(28)29-22(6,7)8)18(19(26)23-14(2)3)17-12-10-15(4)11-13-17/h1,10-14,16,18H,2-8H3,(H,23,26)(H,24,28). The van der Waals surface area contributed by atoms with Crippen molar-refractivity contribution in [1.29, 1.82) is 0 Å². The minimum atomic E-state index is -1.03. The number of ether oxygens (including phenoxy) is 1. The quantitative estimate of drug-likeness (QED) is 0.567. The minimum Gasteiger partial charge on any atom is -0.444 e. The largest absolute Gasteiger partial charge is 0.444 e. The maximum absolute atomic E-state index is 13.0. The van der Waals surface area contributed by atoms with Crippen molar-refractivity contribution in [2.24, 2.45) is 0 Å². The van der Waals surface area contributed by atoms with Crippen LogP contribution < -0.4 is 10.6 Å². The van der Waals surface area contributed by atoms with Crippen LogP contribution in [0.1, 0.15) is 58.7 Å². The van der Waals surface area contributed by atoms with E-state index < -0.39 is 35.6 Å². The van der Waals surface area contributed by atoms with E-state index in [9.17, 15) is 14.4 Å². The van der Waals surface area contributed by atoms with E-state index in [1.807, 2.05) is 32.9 Å². The fourth-order valence-corrected chi connectivity index (χ4v) is 2.55. The Morgan fingerprint density at radius 1 is 1.07 bits per heavy atom. The van der Waals surface area contributed by atoms with Gasteiger partial charge in [0.05, 0.1) is 0 Å². The van der Waals surface area contributed by atoms with Gasteiger partial charge in [-0.1, -0.05) is 36.3 Å². The molecule has 0 aliphatic rings. The second-order valence-corrected chi connectivity index (χ2v) is 8.18. The van der Waals surface area contributed by atoms with Crippen LogP contribution in [0, 0.1) is 19.4 Å². The molecule has 158 valence electrons. The summed E-state index contributed by atoms with van der Waals surface area (Å²) >= 11 is 0. The van der Waals surface area contributed by atoms with Gasteiger partial charge in [-0.3, -0.25) is 14.5 Å². The summed E-state index contributed by atoms with van der Waals surface area (Å²) in [7, 11) is 0. The van der Waals surface area contributed by atoms with Gasteiger partial charge in [-0.2, -0.15) is 0 Å². The van der Waals surface area contributed by atoms with Crippen LogP contribution in [0.25, 0.3) is 0 Å². The van der Waals surface area contributed by atoms with Crippen molar-refractivity contribution in [3.63, 3.8) is 0 Å². The molecule has 29 heavy (non-hydrogen) atoms. The average Bonchev–Trinajstić information content (AvgIpc) is 2.57. The van der Waals surface area contributed by atoms with E-state index in [0.717, 1.165) is 10.5 Å². The highest BCUT2D eigenvalue weighted by Crippen LogP contribution is 2.22. The van der Waals surface area contributed by atoms with Crippen LogP contribution in [0.3, 0.4) is 0 Å². The summed E-state index contributed by atoms with van der Waals surface area (Å²) < 4.78 is 5.18. The zero-order chi connectivity index (χ0) is 22.4. The summed E-state index contributed by atoms with van der Waals surface area (Å²) in [5.41, 5.74) is 0.875. The van der Waals surface area contributed by atoms with Gasteiger partial charge in [0.25, 0.3) is 5.91 Å². The van der Waals surface area contributed by atoms with E-state index in [-0.39, 0.29) is 6.04 Å². The average molecular weight is 402 g/mol. The van der Waals surface area contributed by atoms with E-state index in [1.165, 1.54) is 6.92 Å². The van der Waals surface area contributed by atoms with Gasteiger partial charge in [-0.05, 0) is 54.0 Å². The summed E-state index contributed by atoms with van der Waals surface area (Å²) in [5, 5.41) is 5.26. The van der Waals surface area contributed by atoms with Gasteiger partial charge in [-0.25, -0.2) is 4.79 Å². The van der Waals surface area contributed by atoms with Crippen molar-refractivity contribution in [2.45, 2.75) is 72.2 Å². The lowest BCUT2D eigenvalue weighted by Gasteiger charge is -2.29. The summed E-state index contributed by atoms with van der Waals surface area (Å²) in [6.45, 7) is 12.2. The molecular formula is C22H31N3O4. The number of aryl methyl sites for hydroxylation is 1. The van der Waals surface area contributed by atoms with Crippen molar-refractivity contribution in [3.05, 3.63) is 35.4 Å². The molecule has 0 radical (unpaired) electrons. The molecule has 0 heterocycles. The smallest absolute Gasteiger partial charge is 0.408 e. The van der Waals surface area contributed by atoms with Crippen LogP contribution in [0.15, 0.2) is 24.3 Å². The SMILES string of the molecule is C#CN(C(=O)C(C)NC(=O)OC(C)(C)C)C(C(=O)NC(C)C)c1ccc(C)cc1. The zero-order valence-corrected chi connectivity index (χ0v) is 18.2. The number of nitrogens with zero attached hydrogens (tertiary/aromatic N) is 1. The van der Waals surface area contributed by atoms with Crippen LogP contribution >= 0.6 is 0 Å². The Hall–Kier alpha value is -3.01. The number of alkyl carbamates (subject to hydrolysis) is 1. The monoisotopic (exact) mass is 401 g/mol.